The van der Waals surface area contributed by atoms with Gasteiger partial charge in [-0.3, -0.25) is 19.4 Å². The molecule has 14 nitrogen and oxygen atoms in total. The topological polar surface area (TPSA) is 186 Å². The van der Waals surface area contributed by atoms with E-state index in [-0.39, 0.29) is 31.0 Å². The van der Waals surface area contributed by atoms with Crippen LogP contribution in [0.5, 0.6) is 5.75 Å². The number of hydrogen-bond acceptors (Lipinski definition) is 13. The van der Waals surface area contributed by atoms with Crippen molar-refractivity contribution in [2.24, 2.45) is 23.0 Å². The number of rotatable bonds is 13. The Morgan fingerprint density at radius 2 is 1.83 bits per heavy atom. The highest BCUT2D eigenvalue weighted by atomic mass is 16.5. The number of H-pyrrole nitrogens is 1. The van der Waals surface area contributed by atoms with Gasteiger partial charge in [-0.2, -0.15) is 0 Å². The molecule has 0 amide bonds. The number of esters is 2. The van der Waals surface area contributed by atoms with Gasteiger partial charge in [0.15, 0.2) is 0 Å². The van der Waals surface area contributed by atoms with Gasteiger partial charge in [-0.05, 0) is 93.1 Å². The lowest BCUT2D eigenvalue weighted by atomic mass is 9.47. The summed E-state index contributed by atoms with van der Waals surface area (Å²) in [7, 11) is 5.13. The average molecular weight is 897 g/mol. The number of aliphatic hydroxyl groups excluding tert-OH is 1. The molecule has 1 aromatic heterocycles. The summed E-state index contributed by atoms with van der Waals surface area (Å²) >= 11 is 0. The van der Waals surface area contributed by atoms with Crippen LogP contribution in [0.25, 0.3) is 10.9 Å². The first-order chi connectivity index (χ1) is 31.1. The Kier molecular flexibility index (Phi) is 12.0. The van der Waals surface area contributed by atoms with Gasteiger partial charge in [0.05, 0.1) is 38.6 Å². The van der Waals surface area contributed by atoms with Gasteiger partial charge in [0.1, 0.15) is 22.8 Å². The molecular formula is C51H72N6O8. The summed E-state index contributed by atoms with van der Waals surface area (Å²) in [6.07, 6.45) is 7.20. The molecule has 1 aliphatic carbocycles. The van der Waals surface area contributed by atoms with Crippen LogP contribution in [0.15, 0.2) is 48.6 Å². The minimum absolute atomic E-state index is 0.0350. The zero-order valence-corrected chi connectivity index (χ0v) is 39.5. The van der Waals surface area contributed by atoms with Crippen molar-refractivity contribution in [3.05, 3.63) is 70.9 Å². The zero-order chi connectivity index (χ0) is 46.3. The van der Waals surface area contributed by atoms with E-state index in [4.69, 9.17) is 19.9 Å². The number of aromatic nitrogens is 1. The Morgan fingerprint density at radius 1 is 1.05 bits per heavy atom. The van der Waals surface area contributed by atoms with E-state index in [1.165, 1.54) is 7.11 Å². The summed E-state index contributed by atoms with van der Waals surface area (Å²) in [6.45, 7) is 12.2. The second-order valence-electron chi connectivity index (χ2n) is 20.8. The number of aromatic amines is 1. The Morgan fingerprint density at radius 3 is 2.55 bits per heavy atom. The van der Waals surface area contributed by atoms with Crippen LogP contribution in [0, 0.1) is 17.3 Å². The van der Waals surface area contributed by atoms with Crippen LogP contribution in [0.4, 0.5) is 5.69 Å². The van der Waals surface area contributed by atoms with Crippen molar-refractivity contribution in [3.8, 4) is 5.75 Å². The van der Waals surface area contributed by atoms with Crippen LogP contribution in [0.2, 0.25) is 0 Å². The first-order valence-corrected chi connectivity index (χ1v) is 24.1. The van der Waals surface area contributed by atoms with Crippen molar-refractivity contribution >= 4 is 28.5 Å². The van der Waals surface area contributed by atoms with E-state index in [0.717, 1.165) is 66.0 Å². The first kappa shape index (κ1) is 46.1. The summed E-state index contributed by atoms with van der Waals surface area (Å²) in [6, 6.07) is 11.1. The number of nitrogens with one attached hydrogen (secondary N) is 2. The number of carbonyl (C=O) groups excluding carboxylic acids is 2. The molecule has 65 heavy (non-hydrogen) atoms. The molecule has 2 saturated heterocycles. The standard InChI is InChI=1S/C51H72N6O8/c1-8-47(61)26-32-27-50(46(60)64-7,41-34(16-21-56(28-32)30-47)33-14-10-11-15-37(33)54-41)36-24-35-38(25-39(36)63-6)55(5)44-49(35)18-22-57-20-12-17-48(9-2,43(49)57)45(59)51(44,62)29-53-19-13-23-65-42(58)40(52)31(3)4/h10-12,14-15,17,24-25,31-32,40,43-45,53-54,59,61-62H,8-9,13,16,18-23,26-30,52H2,1-7H3/t32?,40?,43?,44?,45-,47?,48-,49?,50+,51+/m1/s1. The number of nitrogens with zero attached hydrogens (tertiary/aromatic N) is 3. The van der Waals surface area contributed by atoms with Gasteiger partial charge in [0.2, 0.25) is 0 Å². The maximum Gasteiger partial charge on any atom is 0.323 e. The summed E-state index contributed by atoms with van der Waals surface area (Å²) in [5.74, 6) is -0.385. The van der Waals surface area contributed by atoms with E-state index in [0.29, 0.717) is 62.9 Å². The maximum absolute atomic E-state index is 15.4. The lowest BCUT2D eigenvalue weighted by Gasteiger charge is -2.64. The minimum Gasteiger partial charge on any atom is -0.496 e. The summed E-state index contributed by atoms with van der Waals surface area (Å²) < 4.78 is 17.9. The monoisotopic (exact) mass is 897 g/mol. The first-order valence-electron chi connectivity index (χ1n) is 24.1. The molecule has 14 heteroatoms. The van der Waals surface area contributed by atoms with E-state index in [1.807, 2.05) is 40.0 Å². The van der Waals surface area contributed by atoms with Crippen molar-refractivity contribution in [2.45, 2.75) is 119 Å². The Hall–Kier alpha value is -4.02. The molecule has 11 atom stereocenters. The molecule has 6 heterocycles. The van der Waals surface area contributed by atoms with E-state index in [2.05, 4.69) is 68.3 Å². The second kappa shape index (κ2) is 16.9. The molecule has 9 rings (SSSR count). The Labute approximate surface area is 383 Å². The van der Waals surface area contributed by atoms with Crippen molar-refractivity contribution in [2.75, 3.05) is 78.6 Å². The predicted molar refractivity (Wildman–Crippen MR) is 250 cm³/mol. The van der Waals surface area contributed by atoms with Gasteiger partial charge in [0, 0.05) is 90.6 Å². The molecule has 3 fully saturated rings. The van der Waals surface area contributed by atoms with Gasteiger partial charge < -0.3 is 50.5 Å². The number of benzene rings is 2. The highest BCUT2D eigenvalue weighted by Gasteiger charge is 2.76. The molecule has 6 aliphatic rings. The summed E-state index contributed by atoms with van der Waals surface area (Å²) in [5, 5.41) is 43.0. The maximum atomic E-state index is 15.4. The predicted octanol–water partition coefficient (Wildman–Crippen LogP) is 3.75. The molecular weight excluding hydrogens is 825 g/mol. The molecule has 1 saturated carbocycles. The van der Waals surface area contributed by atoms with E-state index >= 15 is 4.79 Å². The summed E-state index contributed by atoms with van der Waals surface area (Å²) in [4.78, 5) is 38.7. The number of para-hydroxylation sites is 1. The van der Waals surface area contributed by atoms with Crippen LogP contribution in [0.3, 0.4) is 0 Å². The average Bonchev–Trinajstić information content (AvgIpc) is 3.97. The number of piperidine rings is 1. The fraction of sp³-hybridized carbons (Fsp3) is 0.647. The van der Waals surface area contributed by atoms with Crippen molar-refractivity contribution in [3.63, 3.8) is 0 Å². The molecule has 5 aliphatic heterocycles. The van der Waals surface area contributed by atoms with Crippen LogP contribution >= 0.6 is 0 Å². The molecule has 2 bridgehead atoms. The van der Waals surface area contributed by atoms with Crippen LogP contribution in [-0.4, -0.2) is 151 Å². The second-order valence-corrected chi connectivity index (χ2v) is 20.8. The number of ether oxygens (including phenoxy) is 3. The SMILES string of the molecule is CCC1(O)CC2CN(CCc3c([nH]c4ccccc34)[C@@](C(=O)OC)(c3cc4c(cc3OC)N(C)C3C45CCN4CC=C[C@](CC)(C45)[C@@H](O)[C@]3(O)CNCCCOC(=O)C(N)C(C)C)C2)C1. The quantitative estimate of drug-likeness (QED) is 0.0829. The van der Waals surface area contributed by atoms with Crippen molar-refractivity contribution in [1.82, 2.24) is 20.1 Å². The van der Waals surface area contributed by atoms with Crippen LogP contribution < -0.4 is 20.7 Å². The molecule has 7 N–H and O–H groups in total. The smallest absolute Gasteiger partial charge is 0.323 e. The minimum atomic E-state index is -1.65. The molecule has 7 unspecified atom stereocenters. The summed E-state index contributed by atoms with van der Waals surface area (Å²) in [5.41, 5.74) is 6.02. The Balaban J connectivity index is 1.21. The third-order valence-electron chi connectivity index (χ3n) is 17.1. The van der Waals surface area contributed by atoms with Gasteiger partial charge in [0.25, 0.3) is 0 Å². The number of carbonyl (C=O) groups is 2. The molecule has 2 aromatic carbocycles. The number of aliphatic hydroxyl groups is 3. The zero-order valence-electron chi connectivity index (χ0n) is 39.5. The van der Waals surface area contributed by atoms with Gasteiger partial charge >= 0.3 is 11.9 Å². The molecule has 0 radical (unpaired) electrons. The number of anilines is 1. The number of fused-ring (bicyclic) bond motifs is 6. The highest BCUT2D eigenvalue weighted by molar-refractivity contribution is 5.94. The van der Waals surface area contributed by atoms with E-state index in [1.54, 1.807) is 7.11 Å². The molecule has 354 valence electrons. The van der Waals surface area contributed by atoms with Gasteiger partial charge in [-0.15, -0.1) is 0 Å². The lowest BCUT2D eigenvalue weighted by molar-refractivity contribution is -0.197. The fourth-order valence-corrected chi connectivity index (χ4v) is 14.2. The normalized spacial score (nSPS) is 35.4. The molecule has 3 aromatic rings. The molecule has 1 spiro atoms. The van der Waals surface area contributed by atoms with E-state index in [9.17, 15) is 20.1 Å². The lowest BCUT2D eigenvalue weighted by Crippen LogP contribution is -2.80. The number of hydrogen-bond donors (Lipinski definition) is 6. The number of methoxy groups -OCH3 is 2. The third kappa shape index (κ3) is 6.82. The largest absolute Gasteiger partial charge is 0.496 e. The van der Waals surface area contributed by atoms with Crippen LogP contribution in [-0.2, 0) is 36.3 Å². The number of likely N-dealkylation sites (N-methyl/N-ethyl adjacent to an activating group) is 1. The van der Waals surface area contributed by atoms with E-state index < -0.39 is 57.6 Å². The highest BCUT2D eigenvalue weighted by Crippen LogP contribution is 2.67. The Bertz CT molecular complexity index is 2340. The van der Waals surface area contributed by atoms with Crippen molar-refractivity contribution in [1.29, 1.82) is 0 Å². The number of nitrogens with two attached hydrogens (primary N) is 1. The van der Waals surface area contributed by atoms with Crippen molar-refractivity contribution < 1.29 is 39.1 Å². The third-order valence-corrected chi connectivity index (χ3v) is 17.1. The van der Waals surface area contributed by atoms with Gasteiger partial charge in [-0.1, -0.05) is 58.0 Å². The fourth-order valence-electron chi connectivity index (χ4n) is 14.2. The van der Waals surface area contributed by atoms with Crippen LogP contribution in [0.1, 0.15) is 88.6 Å². The van der Waals surface area contributed by atoms with Gasteiger partial charge in [-0.25, -0.2) is 0 Å².